The third-order valence-electron chi connectivity index (χ3n) is 8.31. The van der Waals surface area contributed by atoms with E-state index in [-0.39, 0.29) is 36.3 Å². The van der Waals surface area contributed by atoms with Gasteiger partial charge in [0.15, 0.2) is 5.82 Å². The van der Waals surface area contributed by atoms with Crippen molar-refractivity contribution in [3.8, 4) is 11.5 Å². The lowest BCUT2D eigenvalue weighted by Gasteiger charge is -2.41. The second-order valence-corrected chi connectivity index (χ2v) is 11.2. The first-order chi connectivity index (χ1) is 19.6. The summed E-state index contributed by atoms with van der Waals surface area (Å²) in [6, 6.07) is 11.8. The molecule has 41 heavy (non-hydrogen) atoms. The average Bonchev–Trinajstić information content (AvgIpc) is 3.43. The van der Waals surface area contributed by atoms with E-state index in [0.717, 1.165) is 12.8 Å². The van der Waals surface area contributed by atoms with Gasteiger partial charge < -0.3 is 16.2 Å². The highest BCUT2D eigenvalue weighted by Gasteiger charge is 2.51. The van der Waals surface area contributed by atoms with Crippen molar-refractivity contribution in [2.45, 2.75) is 44.7 Å². The third kappa shape index (κ3) is 4.78. The summed E-state index contributed by atoms with van der Waals surface area (Å²) in [5.74, 6) is -0.340. The van der Waals surface area contributed by atoms with E-state index in [1.807, 2.05) is 13.0 Å². The molecule has 0 saturated carbocycles. The molecular formula is C29H29ClFN7O3. The highest BCUT2D eigenvalue weighted by molar-refractivity contribution is 6.31. The number of aromatic nitrogens is 4. The van der Waals surface area contributed by atoms with Gasteiger partial charge >= 0.3 is 5.97 Å². The summed E-state index contributed by atoms with van der Waals surface area (Å²) in [5, 5.41) is 17.9. The van der Waals surface area contributed by atoms with Gasteiger partial charge in [-0.15, -0.1) is 0 Å². The van der Waals surface area contributed by atoms with Crippen LogP contribution in [0.25, 0.3) is 22.4 Å². The zero-order valence-electron chi connectivity index (χ0n) is 22.4. The lowest BCUT2D eigenvalue weighted by Crippen LogP contribution is -2.52. The van der Waals surface area contributed by atoms with Crippen molar-refractivity contribution in [1.29, 1.82) is 0 Å². The van der Waals surface area contributed by atoms with Crippen LogP contribution in [0.15, 0.2) is 42.5 Å². The number of aliphatic carboxylic acids is 1. The number of benzene rings is 2. The number of halogens is 2. The Morgan fingerprint density at radius 3 is 2.71 bits per heavy atom. The quantitative estimate of drug-likeness (QED) is 0.288. The smallest absolute Gasteiger partial charge is 0.303 e. The Morgan fingerprint density at radius 2 is 1.98 bits per heavy atom. The lowest BCUT2D eigenvalue weighted by molar-refractivity contribution is -0.137. The Kier molecular flexibility index (Phi) is 6.87. The number of hydrogen-bond acceptors (Lipinski definition) is 7. The molecule has 1 atom stereocenters. The minimum Gasteiger partial charge on any atom is -0.481 e. The SMILES string of the molecule is CC1(N2CCC(CCC(=O)O)CC2)C(=O)Nc2nc(-c3nn(Cc4ccccc4F)c4cc(Cl)ccc34)nc(N)c21. The molecule has 4 heterocycles. The number of rotatable bonds is 7. The Balaban J connectivity index is 1.35. The molecule has 1 amide bonds. The molecule has 0 spiro atoms. The number of hydrogen-bond donors (Lipinski definition) is 3. The van der Waals surface area contributed by atoms with Crippen molar-refractivity contribution in [2.75, 3.05) is 24.1 Å². The van der Waals surface area contributed by atoms with Crippen molar-refractivity contribution in [3.63, 3.8) is 0 Å². The molecule has 1 unspecified atom stereocenters. The molecule has 1 saturated heterocycles. The standard InChI is InChI=1S/C29H29ClFN7O3/c1-29(37-12-10-16(11-13-37)6-9-22(39)40)23-25(32)33-27(34-26(23)35-28(29)41)24-19-8-7-18(30)14-21(19)38(36-24)15-17-4-2-3-5-20(17)31/h2-5,7-8,14,16H,6,9-13,15H2,1H3,(H,39,40)(H3,32,33,34,35,41). The monoisotopic (exact) mass is 577 g/mol. The summed E-state index contributed by atoms with van der Waals surface area (Å²) in [5.41, 5.74) is 7.58. The zero-order valence-corrected chi connectivity index (χ0v) is 23.2. The predicted octanol–water partition coefficient (Wildman–Crippen LogP) is 4.66. The zero-order chi connectivity index (χ0) is 28.9. The summed E-state index contributed by atoms with van der Waals surface area (Å²) in [4.78, 5) is 35.8. The molecule has 4 aromatic rings. The van der Waals surface area contributed by atoms with Crippen molar-refractivity contribution in [1.82, 2.24) is 24.6 Å². The van der Waals surface area contributed by atoms with Gasteiger partial charge in [-0.25, -0.2) is 14.4 Å². The first-order valence-electron chi connectivity index (χ1n) is 13.5. The van der Waals surface area contributed by atoms with Gasteiger partial charge in [-0.05, 0) is 69.5 Å². The van der Waals surface area contributed by atoms with E-state index in [9.17, 15) is 14.0 Å². The number of nitrogens with zero attached hydrogens (tertiary/aromatic N) is 5. The van der Waals surface area contributed by atoms with Gasteiger partial charge in [-0.1, -0.05) is 29.8 Å². The number of carboxylic acids is 1. The van der Waals surface area contributed by atoms with Crippen LogP contribution in [0.2, 0.25) is 5.02 Å². The first kappa shape index (κ1) is 27.1. The van der Waals surface area contributed by atoms with Crippen LogP contribution in [0.5, 0.6) is 0 Å². The molecule has 12 heteroatoms. The van der Waals surface area contributed by atoms with Gasteiger partial charge in [0.2, 0.25) is 0 Å². The number of nitrogen functional groups attached to an aromatic ring is 1. The maximum absolute atomic E-state index is 14.5. The molecule has 2 aliphatic rings. The molecule has 1 fully saturated rings. The number of piperidine rings is 1. The maximum Gasteiger partial charge on any atom is 0.303 e. The van der Waals surface area contributed by atoms with E-state index >= 15 is 0 Å². The molecule has 2 aromatic heterocycles. The van der Waals surface area contributed by atoms with Crippen LogP contribution in [-0.2, 0) is 21.7 Å². The number of carbonyl (C=O) groups is 2. The molecule has 212 valence electrons. The lowest BCUT2D eigenvalue weighted by atomic mass is 9.86. The molecule has 2 aromatic carbocycles. The number of anilines is 2. The fourth-order valence-electron chi connectivity index (χ4n) is 6.02. The number of carbonyl (C=O) groups excluding carboxylic acids is 1. The Morgan fingerprint density at radius 1 is 1.22 bits per heavy atom. The van der Waals surface area contributed by atoms with Crippen LogP contribution >= 0.6 is 11.6 Å². The molecule has 0 radical (unpaired) electrons. The number of nitrogens with one attached hydrogen (secondary N) is 1. The minimum atomic E-state index is -1.06. The van der Waals surface area contributed by atoms with Gasteiger partial charge in [0.1, 0.15) is 28.7 Å². The van der Waals surface area contributed by atoms with Gasteiger partial charge in [0.25, 0.3) is 5.91 Å². The summed E-state index contributed by atoms with van der Waals surface area (Å²) in [6.45, 7) is 3.24. The Hall–Kier alpha value is -4.09. The second kappa shape index (κ2) is 10.4. The van der Waals surface area contributed by atoms with Crippen LogP contribution in [0.3, 0.4) is 0 Å². The molecule has 6 rings (SSSR count). The maximum atomic E-state index is 14.5. The minimum absolute atomic E-state index is 0.145. The van der Waals surface area contributed by atoms with Crippen molar-refractivity contribution >= 4 is 46.0 Å². The van der Waals surface area contributed by atoms with Crippen LogP contribution in [0.1, 0.15) is 43.7 Å². The summed E-state index contributed by atoms with van der Waals surface area (Å²) in [7, 11) is 0. The first-order valence-corrected chi connectivity index (χ1v) is 13.9. The van der Waals surface area contributed by atoms with Crippen molar-refractivity contribution < 1.29 is 19.1 Å². The molecule has 10 nitrogen and oxygen atoms in total. The molecular weight excluding hydrogens is 549 g/mol. The topological polar surface area (TPSA) is 139 Å². The number of fused-ring (bicyclic) bond motifs is 2. The van der Waals surface area contributed by atoms with E-state index in [1.165, 1.54) is 6.07 Å². The number of likely N-dealkylation sites (tertiary alicyclic amines) is 1. The Labute approximate surface area is 240 Å². The van der Waals surface area contributed by atoms with Gasteiger partial charge in [0, 0.05) is 22.4 Å². The highest BCUT2D eigenvalue weighted by Crippen LogP contribution is 2.45. The molecule has 4 N–H and O–H groups in total. The molecule has 2 aliphatic heterocycles. The van der Waals surface area contributed by atoms with Crippen LogP contribution in [0.4, 0.5) is 16.0 Å². The van der Waals surface area contributed by atoms with Crippen LogP contribution < -0.4 is 11.1 Å². The average molecular weight is 578 g/mol. The molecule has 0 bridgehead atoms. The summed E-state index contributed by atoms with van der Waals surface area (Å²) >= 11 is 6.30. The number of carboxylic acid groups (broad SMARTS) is 1. The van der Waals surface area contributed by atoms with E-state index in [1.54, 1.807) is 35.0 Å². The van der Waals surface area contributed by atoms with E-state index in [0.29, 0.717) is 64.0 Å². The normalized spacial score (nSPS) is 19.4. The second-order valence-electron chi connectivity index (χ2n) is 10.8. The van der Waals surface area contributed by atoms with Crippen molar-refractivity contribution in [2.24, 2.45) is 5.92 Å². The van der Waals surface area contributed by atoms with Gasteiger partial charge in [0.05, 0.1) is 17.6 Å². The van der Waals surface area contributed by atoms with Gasteiger partial charge in [-0.2, -0.15) is 5.10 Å². The number of amides is 1. The fraction of sp³-hybridized carbons (Fsp3) is 0.345. The van der Waals surface area contributed by atoms with Crippen molar-refractivity contribution in [3.05, 3.63) is 64.4 Å². The number of nitrogens with two attached hydrogens (primary N) is 1. The van der Waals surface area contributed by atoms with E-state index < -0.39 is 11.5 Å². The van der Waals surface area contributed by atoms with E-state index in [2.05, 4.69) is 15.2 Å². The Bertz CT molecular complexity index is 1680. The third-order valence-corrected chi connectivity index (χ3v) is 8.55. The summed E-state index contributed by atoms with van der Waals surface area (Å²) in [6.07, 6.45) is 2.35. The highest BCUT2D eigenvalue weighted by atomic mass is 35.5. The largest absolute Gasteiger partial charge is 0.481 e. The van der Waals surface area contributed by atoms with Crippen LogP contribution in [-0.4, -0.2) is 54.7 Å². The summed E-state index contributed by atoms with van der Waals surface area (Å²) < 4.78 is 16.1. The predicted molar refractivity (Wildman–Crippen MR) is 153 cm³/mol. The van der Waals surface area contributed by atoms with E-state index in [4.69, 9.17) is 32.5 Å². The van der Waals surface area contributed by atoms with Crippen LogP contribution in [0, 0.1) is 11.7 Å². The van der Waals surface area contributed by atoms with Gasteiger partial charge in [-0.3, -0.25) is 19.2 Å². The fourth-order valence-corrected chi connectivity index (χ4v) is 6.18. The molecule has 0 aliphatic carbocycles.